The van der Waals surface area contributed by atoms with Crippen molar-refractivity contribution in [3.63, 3.8) is 0 Å². The van der Waals surface area contributed by atoms with Crippen LogP contribution in [-0.2, 0) is 6.42 Å². The van der Waals surface area contributed by atoms with E-state index in [1.54, 1.807) is 6.07 Å². The Morgan fingerprint density at radius 2 is 1.95 bits per heavy atom. The molecule has 2 N–H and O–H groups in total. The molecule has 0 radical (unpaired) electrons. The van der Waals surface area contributed by atoms with Gasteiger partial charge in [-0.2, -0.15) is 0 Å². The Morgan fingerprint density at radius 1 is 1.15 bits per heavy atom. The third-order valence-corrected chi connectivity index (χ3v) is 4.00. The van der Waals surface area contributed by atoms with Gasteiger partial charge >= 0.3 is 0 Å². The van der Waals surface area contributed by atoms with Crippen molar-refractivity contribution in [2.24, 2.45) is 5.73 Å². The first-order valence-electron chi connectivity index (χ1n) is 6.31. The number of benzene rings is 2. The van der Waals surface area contributed by atoms with E-state index in [1.807, 2.05) is 30.3 Å². The second kappa shape index (κ2) is 5.38. The lowest BCUT2D eigenvalue weighted by Crippen LogP contribution is -2.12. The van der Waals surface area contributed by atoms with Gasteiger partial charge in [0.2, 0.25) is 0 Å². The molecule has 0 fully saturated rings. The summed E-state index contributed by atoms with van der Waals surface area (Å²) < 4.78 is 19.5. The van der Waals surface area contributed by atoms with Gasteiger partial charge < -0.3 is 10.2 Å². The molecule has 2 nitrogen and oxygen atoms in total. The highest BCUT2D eigenvalue weighted by molar-refractivity contribution is 9.10. The molecule has 0 bridgehead atoms. The Hall–Kier alpha value is -1.65. The lowest BCUT2D eigenvalue weighted by molar-refractivity contribution is 0.493. The smallest absolute Gasteiger partial charge is 0.134 e. The summed E-state index contributed by atoms with van der Waals surface area (Å²) in [7, 11) is 0. The predicted octanol–water partition coefficient (Wildman–Crippen LogP) is 4.58. The minimum absolute atomic E-state index is 0.260. The van der Waals surface area contributed by atoms with E-state index in [-0.39, 0.29) is 11.9 Å². The Morgan fingerprint density at radius 3 is 2.70 bits per heavy atom. The van der Waals surface area contributed by atoms with Gasteiger partial charge in [0.25, 0.3) is 0 Å². The summed E-state index contributed by atoms with van der Waals surface area (Å²) in [6.07, 6.45) is 0.584. The van der Waals surface area contributed by atoms with Crippen LogP contribution in [0.4, 0.5) is 4.39 Å². The average Bonchev–Trinajstić information content (AvgIpc) is 2.86. The summed E-state index contributed by atoms with van der Waals surface area (Å²) in [6.45, 7) is 0. The first-order valence-corrected chi connectivity index (χ1v) is 7.11. The second-order valence-corrected chi connectivity index (χ2v) is 5.59. The molecular formula is C16H13BrFNO. The van der Waals surface area contributed by atoms with Crippen molar-refractivity contribution in [1.29, 1.82) is 0 Å². The van der Waals surface area contributed by atoms with Crippen LogP contribution in [0.5, 0.6) is 0 Å². The zero-order valence-corrected chi connectivity index (χ0v) is 12.2. The van der Waals surface area contributed by atoms with Gasteiger partial charge in [-0.05, 0) is 36.2 Å². The van der Waals surface area contributed by atoms with Crippen LogP contribution in [0.1, 0.15) is 17.4 Å². The normalized spacial score (nSPS) is 12.8. The number of para-hydroxylation sites is 1. The number of hydrogen-bond donors (Lipinski definition) is 1. The molecule has 20 heavy (non-hydrogen) atoms. The molecule has 102 valence electrons. The Bertz CT molecular complexity index is 720. The maximum atomic E-state index is 13.1. The van der Waals surface area contributed by atoms with Crippen molar-refractivity contribution in [1.82, 2.24) is 0 Å². The van der Waals surface area contributed by atoms with Crippen molar-refractivity contribution in [2.75, 3.05) is 0 Å². The molecule has 0 amide bonds. The fourth-order valence-electron chi connectivity index (χ4n) is 2.21. The zero-order chi connectivity index (χ0) is 14.1. The SMILES string of the molecule is NC(Cc1ccc(F)cc1Br)c1cc2ccccc2o1. The van der Waals surface area contributed by atoms with Crippen molar-refractivity contribution < 1.29 is 8.81 Å². The van der Waals surface area contributed by atoms with Gasteiger partial charge in [0.15, 0.2) is 0 Å². The van der Waals surface area contributed by atoms with E-state index in [0.29, 0.717) is 6.42 Å². The fraction of sp³-hybridized carbons (Fsp3) is 0.125. The monoisotopic (exact) mass is 333 g/mol. The summed E-state index contributed by atoms with van der Waals surface area (Å²) in [6, 6.07) is 14.1. The Kier molecular flexibility index (Phi) is 3.59. The van der Waals surface area contributed by atoms with E-state index < -0.39 is 0 Å². The van der Waals surface area contributed by atoms with Gasteiger partial charge in [-0.1, -0.05) is 40.2 Å². The topological polar surface area (TPSA) is 39.2 Å². The first kappa shape index (κ1) is 13.3. The van der Waals surface area contributed by atoms with E-state index in [2.05, 4.69) is 15.9 Å². The molecule has 0 spiro atoms. The summed E-state index contributed by atoms with van der Waals surface area (Å²) in [5.41, 5.74) is 7.98. The molecule has 4 heteroatoms. The molecule has 0 saturated heterocycles. The maximum absolute atomic E-state index is 13.1. The molecule has 1 heterocycles. The van der Waals surface area contributed by atoms with E-state index in [4.69, 9.17) is 10.2 Å². The number of halogens is 2. The van der Waals surface area contributed by atoms with E-state index >= 15 is 0 Å². The van der Waals surface area contributed by atoms with E-state index in [0.717, 1.165) is 26.8 Å². The van der Waals surface area contributed by atoms with Gasteiger partial charge in [0, 0.05) is 9.86 Å². The third-order valence-electron chi connectivity index (χ3n) is 3.26. The highest BCUT2D eigenvalue weighted by Crippen LogP contribution is 2.27. The average molecular weight is 334 g/mol. The van der Waals surface area contributed by atoms with E-state index in [1.165, 1.54) is 12.1 Å². The van der Waals surface area contributed by atoms with Crippen molar-refractivity contribution >= 4 is 26.9 Å². The van der Waals surface area contributed by atoms with Crippen LogP contribution in [0.25, 0.3) is 11.0 Å². The van der Waals surface area contributed by atoms with Crippen LogP contribution in [-0.4, -0.2) is 0 Å². The summed E-state index contributed by atoms with van der Waals surface area (Å²) in [5, 5.41) is 1.04. The molecule has 2 aromatic carbocycles. The number of nitrogens with two attached hydrogens (primary N) is 1. The van der Waals surface area contributed by atoms with Gasteiger partial charge in [-0.25, -0.2) is 4.39 Å². The van der Waals surface area contributed by atoms with Crippen LogP contribution in [0.15, 0.2) is 57.4 Å². The minimum atomic E-state index is -0.266. The third kappa shape index (κ3) is 2.62. The molecular weight excluding hydrogens is 321 g/mol. The Labute approximate surface area is 124 Å². The van der Waals surface area contributed by atoms with Crippen molar-refractivity contribution in [3.05, 3.63) is 70.1 Å². The molecule has 1 unspecified atom stereocenters. The van der Waals surface area contributed by atoms with Gasteiger partial charge in [-0.3, -0.25) is 0 Å². The Balaban J connectivity index is 1.86. The highest BCUT2D eigenvalue weighted by atomic mass is 79.9. The molecule has 3 rings (SSSR count). The summed E-state index contributed by atoms with van der Waals surface area (Å²) in [4.78, 5) is 0. The van der Waals surface area contributed by atoms with Crippen molar-refractivity contribution in [3.8, 4) is 0 Å². The second-order valence-electron chi connectivity index (χ2n) is 4.73. The quantitative estimate of drug-likeness (QED) is 0.762. The van der Waals surface area contributed by atoms with Gasteiger partial charge in [0.1, 0.15) is 17.2 Å². The van der Waals surface area contributed by atoms with Crippen LogP contribution in [0.3, 0.4) is 0 Å². The minimum Gasteiger partial charge on any atom is -0.459 e. The van der Waals surface area contributed by atoms with Gasteiger partial charge in [0.05, 0.1) is 6.04 Å². The molecule has 0 aliphatic carbocycles. The van der Waals surface area contributed by atoms with E-state index in [9.17, 15) is 4.39 Å². The maximum Gasteiger partial charge on any atom is 0.134 e. The molecule has 0 aliphatic heterocycles. The molecule has 1 aromatic heterocycles. The van der Waals surface area contributed by atoms with Crippen LogP contribution in [0, 0.1) is 5.82 Å². The summed E-state index contributed by atoms with van der Waals surface area (Å²) in [5.74, 6) is 0.473. The fourth-order valence-corrected chi connectivity index (χ4v) is 2.72. The highest BCUT2D eigenvalue weighted by Gasteiger charge is 2.14. The van der Waals surface area contributed by atoms with Crippen LogP contribution in [0.2, 0.25) is 0 Å². The molecule has 3 aromatic rings. The largest absolute Gasteiger partial charge is 0.459 e. The summed E-state index contributed by atoms with van der Waals surface area (Å²) >= 11 is 3.36. The van der Waals surface area contributed by atoms with Gasteiger partial charge in [-0.15, -0.1) is 0 Å². The number of fused-ring (bicyclic) bond motifs is 1. The number of hydrogen-bond acceptors (Lipinski definition) is 2. The first-order chi connectivity index (χ1) is 9.63. The van der Waals surface area contributed by atoms with Crippen LogP contribution >= 0.6 is 15.9 Å². The molecule has 0 aliphatic rings. The number of furan rings is 1. The molecule has 0 saturated carbocycles. The number of rotatable bonds is 3. The van der Waals surface area contributed by atoms with Crippen LogP contribution < -0.4 is 5.73 Å². The standard InChI is InChI=1S/C16H13BrFNO/c17-13-9-12(18)6-5-10(13)7-14(19)16-8-11-3-1-2-4-15(11)20-16/h1-6,8-9,14H,7,19H2. The predicted molar refractivity (Wildman–Crippen MR) is 80.9 cm³/mol. The van der Waals surface area contributed by atoms with Crippen molar-refractivity contribution in [2.45, 2.75) is 12.5 Å². The lowest BCUT2D eigenvalue weighted by Gasteiger charge is -2.10. The molecule has 1 atom stereocenters. The zero-order valence-electron chi connectivity index (χ0n) is 10.6. The lowest BCUT2D eigenvalue weighted by atomic mass is 10.0.